The van der Waals surface area contributed by atoms with Gasteiger partial charge in [0.25, 0.3) is 5.91 Å². The largest absolute Gasteiger partial charge is 0.482 e. The molecule has 0 saturated carbocycles. The number of benzene rings is 2. The molecule has 2 heterocycles. The highest BCUT2D eigenvalue weighted by Crippen LogP contribution is 2.33. The van der Waals surface area contributed by atoms with E-state index in [9.17, 15) is 9.59 Å². The smallest absolute Gasteiger partial charge is 0.265 e. The Morgan fingerprint density at radius 3 is 2.88 bits per heavy atom. The zero-order chi connectivity index (χ0) is 16.7. The van der Waals surface area contributed by atoms with E-state index < -0.39 is 0 Å². The molecule has 0 N–H and O–H groups in total. The minimum absolute atomic E-state index is 0.0275. The lowest BCUT2D eigenvalue weighted by atomic mass is 10.1. The molecular weight excluding hydrogens is 304 g/mol. The number of aryl methyl sites for hydroxylation is 1. The van der Waals surface area contributed by atoms with Crippen LogP contribution in [0.4, 0.5) is 11.4 Å². The fraction of sp³-hybridized carbons (Fsp3) is 0.263. The lowest BCUT2D eigenvalue weighted by molar-refractivity contribution is -0.124. The molecule has 24 heavy (non-hydrogen) atoms. The predicted octanol–water partition coefficient (Wildman–Crippen LogP) is 2.31. The molecule has 122 valence electrons. The van der Waals surface area contributed by atoms with Crippen LogP contribution in [-0.4, -0.2) is 31.5 Å². The summed E-state index contributed by atoms with van der Waals surface area (Å²) in [5.41, 5.74) is 3.85. The van der Waals surface area contributed by atoms with Gasteiger partial charge in [0.15, 0.2) is 6.61 Å². The molecule has 2 aromatic carbocycles. The molecule has 2 aliphatic heterocycles. The Kier molecular flexibility index (Phi) is 3.49. The summed E-state index contributed by atoms with van der Waals surface area (Å²) in [5, 5.41) is 0. The molecular formula is C19H18N2O3. The van der Waals surface area contributed by atoms with E-state index in [0.717, 1.165) is 17.7 Å². The minimum atomic E-state index is -0.188. The van der Waals surface area contributed by atoms with E-state index in [-0.39, 0.29) is 25.0 Å². The van der Waals surface area contributed by atoms with Gasteiger partial charge in [-0.25, -0.2) is 0 Å². The number of carbonyl (C=O) groups excluding carboxylic acids is 2. The van der Waals surface area contributed by atoms with Crippen LogP contribution in [-0.2, 0) is 16.0 Å². The second kappa shape index (κ2) is 5.67. The number of para-hydroxylation sites is 1. The molecule has 5 nitrogen and oxygen atoms in total. The number of rotatable bonds is 2. The summed E-state index contributed by atoms with van der Waals surface area (Å²) in [5.74, 6) is 0.401. The first-order valence-corrected chi connectivity index (χ1v) is 8.05. The van der Waals surface area contributed by atoms with Crippen molar-refractivity contribution in [1.82, 2.24) is 0 Å². The van der Waals surface area contributed by atoms with Crippen molar-refractivity contribution in [2.75, 3.05) is 29.5 Å². The van der Waals surface area contributed by atoms with Gasteiger partial charge in [-0.2, -0.15) is 0 Å². The van der Waals surface area contributed by atoms with Gasteiger partial charge in [0.2, 0.25) is 5.91 Å². The molecule has 0 radical (unpaired) electrons. The van der Waals surface area contributed by atoms with Gasteiger partial charge in [0.05, 0.1) is 5.69 Å². The third-order valence-corrected chi connectivity index (χ3v) is 4.54. The monoisotopic (exact) mass is 322 g/mol. The molecule has 0 aromatic heterocycles. The maximum Gasteiger partial charge on any atom is 0.265 e. The topological polar surface area (TPSA) is 49.9 Å². The molecule has 5 heteroatoms. The highest BCUT2D eigenvalue weighted by Gasteiger charge is 2.31. The summed E-state index contributed by atoms with van der Waals surface area (Å²) in [4.78, 5) is 28.4. The zero-order valence-corrected chi connectivity index (χ0v) is 13.5. The van der Waals surface area contributed by atoms with Crippen LogP contribution in [0.5, 0.6) is 5.75 Å². The molecule has 0 unspecified atom stereocenters. The van der Waals surface area contributed by atoms with Gasteiger partial charge in [-0.15, -0.1) is 0 Å². The highest BCUT2D eigenvalue weighted by atomic mass is 16.5. The molecule has 4 rings (SSSR count). The van der Waals surface area contributed by atoms with E-state index in [2.05, 4.69) is 0 Å². The van der Waals surface area contributed by atoms with Crippen LogP contribution < -0.4 is 14.5 Å². The SMILES string of the molecule is Cc1ccc2c(c1)OCC(=O)N2CC(=O)N1CCc2ccccc21. The molecule has 2 aromatic rings. The highest BCUT2D eigenvalue weighted by molar-refractivity contribution is 6.06. The summed E-state index contributed by atoms with van der Waals surface area (Å²) in [6, 6.07) is 13.6. The molecule has 0 bridgehead atoms. The summed E-state index contributed by atoms with van der Waals surface area (Å²) >= 11 is 0. The molecule has 2 amide bonds. The average Bonchev–Trinajstić information content (AvgIpc) is 3.01. The van der Waals surface area contributed by atoms with Gasteiger partial charge in [-0.3, -0.25) is 14.5 Å². The fourth-order valence-electron chi connectivity index (χ4n) is 3.30. The second-order valence-electron chi connectivity index (χ2n) is 6.16. The van der Waals surface area contributed by atoms with Gasteiger partial charge in [-0.1, -0.05) is 24.3 Å². The number of hydrogen-bond donors (Lipinski definition) is 0. The van der Waals surface area contributed by atoms with Crippen LogP contribution in [0.3, 0.4) is 0 Å². The summed E-state index contributed by atoms with van der Waals surface area (Å²) in [6.07, 6.45) is 0.856. The van der Waals surface area contributed by atoms with Gasteiger partial charge in [0, 0.05) is 12.2 Å². The molecule has 0 saturated heterocycles. The van der Waals surface area contributed by atoms with E-state index in [4.69, 9.17) is 4.74 Å². The number of nitrogens with zero attached hydrogens (tertiary/aromatic N) is 2. The lowest BCUT2D eigenvalue weighted by Crippen LogP contribution is -2.46. The number of fused-ring (bicyclic) bond motifs is 2. The van der Waals surface area contributed by atoms with Crippen LogP contribution in [0.25, 0.3) is 0 Å². The summed E-state index contributed by atoms with van der Waals surface area (Å²) in [6.45, 7) is 2.64. The Morgan fingerprint density at radius 2 is 2.00 bits per heavy atom. The van der Waals surface area contributed by atoms with Crippen molar-refractivity contribution in [2.24, 2.45) is 0 Å². The van der Waals surface area contributed by atoms with Crippen LogP contribution >= 0.6 is 0 Å². The van der Waals surface area contributed by atoms with E-state index in [1.807, 2.05) is 49.4 Å². The quantitative estimate of drug-likeness (QED) is 0.852. The Labute approximate surface area is 140 Å². The first-order chi connectivity index (χ1) is 11.6. The predicted molar refractivity (Wildman–Crippen MR) is 91.5 cm³/mol. The first-order valence-electron chi connectivity index (χ1n) is 8.05. The van der Waals surface area contributed by atoms with E-state index in [1.165, 1.54) is 10.5 Å². The van der Waals surface area contributed by atoms with Crippen molar-refractivity contribution in [1.29, 1.82) is 0 Å². The Balaban J connectivity index is 1.60. The number of carbonyl (C=O) groups is 2. The molecule has 0 spiro atoms. The third-order valence-electron chi connectivity index (χ3n) is 4.54. The maximum atomic E-state index is 12.8. The zero-order valence-electron chi connectivity index (χ0n) is 13.5. The molecule has 0 aliphatic carbocycles. The number of anilines is 2. The third kappa shape index (κ3) is 2.42. The Morgan fingerprint density at radius 1 is 1.17 bits per heavy atom. The van der Waals surface area contributed by atoms with Crippen LogP contribution in [0.1, 0.15) is 11.1 Å². The van der Waals surface area contributed by atoms with Gasteiger partial charge >= 0.3 is 0 Å². The van der Waals surface area contributed by atoms with E-state index in [1.54, 1.807) is 4.90 Å². The standard InChI is InChI=1S/C19H18N2O3/c1-13-6-7-16-17(10-13)24-12-19(23)21(16)11-18(22)20-9-8-14-4-2-3-5-15(14)20/h2-7,10H,8-9,11-12H2,1H3. The van der Waals surface area contributed by atoms with Gasteiger partial charge in [-0.05, 0) is 42.7 Å². The van der Waals surface area contributed by atoms with Gasteiger partial charge < -0.3 is 9.64 Å². The normalized spacial score (nSPS) is 15.8. The van der Waals surface area contributed by atoms with Crippen molar-refractivity contribution in [3.8, 4) is 5.75 Å². The fourth-order valence-corrected chi connectivity index (χ4v) is 3.30. The lowest BCUT2D eigenvalue weighted by Gasteiger charge is -2.30. The summed E-state index contributed by atoms with van der Waals surface area (Å²) in [7, 11) is 0. The second-order valence-corrected chi connectivity index (χ2v) is 6.16. The number of ether oxygens (including phenoxy) is 1. The number of amides is 2. The van der Waals surface area contributed by atoms with Crippen LogP contribution in [0, 0.1) is 6.92 Å². The summed E-state index contributed by atoms with van der Waals surface area (Å²) < 4.78 is 5.49. The Hall–Kier alpha value is -2.82. The van der Waals surface area contributed by atoms with E-state index >= 15 is 0 Å². The van der Waals surface area contributed by atoms with Crippen molar-refractivity contribution in [3.63, 3.8) is 0 Å². The van der Waals surface area contributed by atoms with Crippen molar-refractivity contribution in [3.05, 3.63) is 53.6 Å². The van der Waals surface area contributed by atoms with Crippen LogP contribution in [0.15, 0.2) is 42.5 Å². The maximum absolute atomic E-state index is 12.8. The van der Waals surface area contributed by atoms with Crippen molar-refractivity contribution < 1.29 is 14.3 Å². The number of hydrogen-bond acceptors (Lipinski definition) is 3. The first kappa shape index (κ1) is 14.8. The van der Waals surface area contributed by atoms with Crippen molar-refractivity contribution in [2.45, 2.75) is 13.3 Å². The Bertz CT molecular complexity index is 831. The molecule has 2 aliphatic rings. The molecule has 0 fully saturated rings. The van der Waals surface area contributed by atoms with Crippen LogP contribution in [0.2, 0.25) is 0 Å². The average molecular weight is 322 g/mol. The minimum Gasteiger partial charge on any atom is -0.482 e. The van der Waals surface area contributed by atoms with Crippen molar-refractivity contribution >= 4 is 23.2 Å². The molecule has 0 atom stereocenters. The van der Waals surface area contributed by atoms with Gasteiger partial charge in [0.1, 0.15) is 12.3 Å². The van der Waals surface area contributed by atoms with E-state index in [0.29, 0.717) is 18.0 Å².